The molecule has 0 saturated carbocycles. The van der Waals surface area contributed by atoms with E-state index in [1.165, 1.54) is 72.3 Å². The summed E-state index contributed by atoms with van der Waals surface area (Å²) in [6, 6.07) is 115. The predicted molar refractivity (Wildman–Crippen MR) is 414 cm³/mol. The van der Waals surface area contributed by atoms with E-state index in [0.717, 1.165) is 74.0 Å². The number of aryl methyl sites for hydroxylation is 6. The van der Waals surface area contributed by atoms with Crippen LogP contribution in [-0.4, -0.2) is 29.9 Å². The molecule has 9 heteroatoms. The van der Waals surface area contributed by atoms with Crippen molar-refractivity contribution < 1.29 is 60.3 Å². The smallest absolute Gasteiger partial charge is 0.0190 e. The van der Waals surface area contributed by atoms with Gasteiger partial charge in [-0.15, -0.1) is 215 Å². The standard InChI is InChI=1S/C21H20N.C19H16N.C18H14N.3C12H10N.3Ir/c1-16(2)13-17-7-6-10-19(14-17)20-11-12-22-21(15-20)18-8-4-3-5-9-18;1-14-8-9-17(12-15(14)2)18-10-11-20-19(13-18)16-6-4-3-5-7-16;1-14-7-9-15(10-8-14)17-11-12-19-18(13-17)16-5-3-2-4-6-16;3*1-10-7-8-12(13-9-10)11-5-3-2-4-6-11;;;/h3-8,10-12,14-16H,13H2,1-2H3;3-6,8-13H,1-2H3;2-5,7-13H,1H3;3*2-5,7-9H,1H3;;;/q6*-1;;;. The zero-order chi connectivity index (χ0) is 69.7. The van der Waals surface area contributed by atoms with Crippen molar-refractivity contribution in [1.82, 2.24) is 29.9 Å². The normalized spacial score (nSPS) is 10.0. The van der Waals surface area contributed by atoms with Crippen LogP contribution in [0.2, 0.25) is 0 Å². The van der Waals surface area contributed by atoms with Crippen LogP contribution in [0, 0.1) is 83.9 Å². The molecule has 15 aromatic rings. The third kappa shape index (κ3) is 25.4. The summed E-state index contributed by atoms with van der Waals surface area (Å²) < 4.78 is 0. The summed E-state index contributed by atoms with van der Waals surface area (Å²) in [5.41, 5.74) is 28.1. The van der Waals surface area contributed by atoms with Gasteiger partial charge in [-0.1, -0.05) is 141 Å². The Balaban J connectivity index is 0.000000174. The molecule has 519 valence electrons. The first-order valence-electron chi connectivity index (χ1n) is 33.6. The van der Waals surface area contributed by atoms with Gasteiger partial charge in [0.1, 0.15) is 0 Å². The van der Waals surface area contributed by atoms with E-state index in [0.29, 0.717) is 5.92 Å². The first-order chi connectivity index (χ1) is 48.9. The van der Waals surface area contributed by atoms with E-state index < -0.39 is 0 Å². The molecular weight excluding hydrogens is 1790 g/mol. The number of hydrogen-bond donors (Lipinski definition) is 0. The van der Waals surface area contributed by atoms with Crippen LogP contribution in [0.4, 0.5) is 0 Å². The molecular formula is C94H80Ir3N6-6. The Morgan fingerprint density at radius 2 is 0.563 bits per heavy atom. The van der Waals surface area contributed by atoms with Gasteiger partial charge in [0.25, 0.3) is 0 Å². The van der Waals surface area contributed by atoms with Crippen molar-refractivity contribution in [2.45, 2.75) is 61.8 Å². The van der Waals surface area contributed by atoms with Crippen molar-refractivity contribution in [3.05, 3.63) is 398 Å². The van der Waals surface area contributed by atoms with Crippen molar-refractivity contribution in [3.63, 3.8) is 0 Å². The van der Waals surface area contributed by atoms with Gasteiger partial charge in [-0.3, -0.25) is 0 Å². The van der Waals surface area contributed by atoms with Gasteiger partial charge in [0.15, 0.2) is 0 Å². The Hall–Kier alpha value is -10.2. The second-order valence-corrected chi connectivity index (χ2v) is 24.6. The van der Waals surface area contributed by atoms with E-state index >= 15 is 0 Å². The largest absolute Gasteiger partial charge is 0.305 e. The van der Waals surface area contributed by atoms with Gasteiger partial charge in [-0.2, -0.15) is 0 Å². The molecule has 0 fully saturated rings. The Bertz CT molecular complexity index is 4700. The van der Waals surface area contributed by atoms with Crippen molar-refractivity contribution in [3.8, 4) is 101 Å². The van der Waals surface area contributed by atoms with Crippen molar-refractivity contribution >= 4 is 0 Å². The summed E-state index contributed by atoms with van der Waals surface area (Å²) in [6.07, 6.45) is 12.3. The molecule has 0 unspecified atom stereocenters. The first-order valence-corrected chi connectivity index (χ1v) is 33.6. The first kappa shape index (κ1) is 80.1. The number of hydrogen-bond acceptors (Lipinski definition) is 6. The van der Waals surface area contributed by atoms with Crippen LogP contribution in [0.25, 0.3) is 101 Å². The van der Waals surface area contributed by atoms with Gasteiger partial charge >= 0.3 is 0 Å². The number of rotatable bonds is 11. The minimum absolute atomic E-state index is 0. The summed E-state index contributed by atoms with van der Waals surface area (Å²) in [5, 5.41) is 0. The average Bonchev–Trinajstić information content (AvgIpc) is 0.856. The van der Waals surface area contributed by atoms with Crippen molar-refractivity contribution in [2.24, 2.45) is 5.92 Å². The van der Waals surface area contributed by atoms with Crippen LogP contribution in [-0.2, 0) is 66.7 Å². The summed E-state index contributed by atoms with van der Waals surface area (Å²) in [6.45, 7) is 17.0. The molecule has 6 heterocycles. The maximum Gasteiger partial charge on any atom is 0.0190 e. The topological polar surface area (TPSA) is 77.3 Å². The summed E-state index contributed by atoms with van der Waals surface area (Å²) in [4.78, 5) is 26.3. The molecule has 9 aromatic carbocycles. The Morgan fingerprint density at radius 1 is 0.252 bits per heavy atom. The zero-order valence-electron chi connectivity index (χ0n) is 59.1. The summed E-state index contributed by atoms with van der Waals surface area (Å²) in [5.74, 6) is 0.669. The SMILES string of the molecule is CC(C)Cc1cccc(-c2ccnc(-c3[c-]cccc3)c2)c1.Cc1ccc(-c2[c-]cccc2)nc1.Cc1ccc(-c2[c-]cccc2)nc1.Cc1ccc(-c2[c-]cccc2)nc1.Cc1ccc(-c2ccnc(-c3[c-]cccc3)c2)cc1.Cc1ccc(-c2ccnc(-c3[c-]cccc3)c2)cc1C.[Ir].[Ir].[Ir]. The molecule has 6 nitrogen and oxygen atoms in total. The van der Waals surface area contributed by atoms with E-state index in [1.54, 1.807) is 0 Å². The number of nitrogens with zero attached hydrogens (tertiary/aromatic N) is 6. The fraction of sp³-hybridized carbons (Fsp3) is 0.106. The van der Waals surface area contributed by atoms with Crippen LogP contribution in [0.1, 0.15) is 52.8 Å². The monoisotopic (exact) mass is 1870 g/mol. The van der Waals surface area contributed by atoms with Crippen LogP contribution < -0.4 is 0 Å². The molecule has 0 atom stereocenters. The maximum atomic E-state index is 4.47. The predicted octanol–water partition coefficient (Wildman–Crippen LogP) is 23.3. The number of benzene rings is 9. The molecule has 0 saturated heterocycles. The molecule has 0 aliphatic heterocycles. The molecule has 0 amide bonds. The Morgan fingerprint density at radius 3 is 0.874 bits per heavy atom. The molecule has 0 aliphatic carbocycles. The van der Waals surface area contributed by atoms with E-state index in [1.807, 2.05) is 228 Å². The minimum Gasteiger partial charge on any atom is -0.305 e. The average molecular weight is 1870 g/mol. The van der Waals surface area contributed by atoms with Gasteiger partial charge in [0.2, 0.25) is 0 Å². The molecule has 6 aromatic heterocycles. The van der Waals surface area contributed by atoms with Gasteiger partial charge in [0.05, 0.1) is 0 Å². The quantitative estimate of drug-likeness (QED) is 0.120. The number of pyridine rings is 6. The molecule has 103 heavy (non-hydrogen) atoms. The molecule has 3 radical (unpaired) electrons. The number of aromatic nitrogens is 6. The Kier molecular flexibility index (Phi) is 32.9. The third-order valence-electron chi connectivity index (χ3n) is 16.1. The molecule has 0 N–H and O–H groups in total. The molecule has 15 rings (SSSR count). The van der Waals surface area contributed by atoms with Gasteiger partial charge < -0.3 is 29.9 Å². The van der Waals surface area contributed by atoms with E-state index in [9.17, 15) is 0 Å². The fourth-order valence-electron chi connectivity index (χ4n) is 10.5. The summed E-state index contributed by atoms with van der Waals surface area (Å²) in [7, 11) is 0. The van der Waals surface area contributed by atoms with Crippen molar-refractivity contribution in [1.29, 1.82) is 0 Å². The molecule has 0 bridgehead atoms. The zero-order valence-corrected chi connectivity index (χ0v) is 66.3. The minimum atomic E-state index is 0. The van der Waals surface area contributed by atoms with Crippen molar-refractivity contribution in [2.75, 3.05) is 0 Å². The second kappa shape index (κ2) is 42.3. The van der Waals surface area contributed by atoms with E-state index in [4.69, 9.17) is 0 Å². The van der Waals surface area contributed by atoms with E-state index in [2.05, 4.69) is 216 Å². The third-order valence-corrected chi connectivity index (χ3v) is 16.1. The van der Waals surface area contributed by atoms with Crippen LogP contribution in [0.5, 0.6) is 0 Å². The van der Waals surface area contributed by atoms with Crippen LogP contribution >= 0.6 is 0 Å². The van der Waals surface area contributed by atoms with Crippen LogP contribution in [0.15, 0.2) is 322 Å². The fourth-order valence-corrected chi connectivity index (χ4v) is 10.5. The second-order valence-electron chi connectivity index (χ2n) is 24.6. The Labute approximate surface area is 651 Å². The van der Waals surface area contributed by atoms with Gasteiger partial charge in [0, 0.05) is 97.5 Å². The van der Waals surface area contributed by atoms with Gasteiger partial charge in [-0.05, 0) is 173 Å². The molecule has 0 spiro atoms. The van der Waals surface area contributed by atoms with Crippen LogP contribution in [0.3, 0.4) is 0 Å². The summed E-state index contributed by atoms with van der Waals surface area (Å²) >= 11 is 0. The van der Waals surface area contributed by atoms with Gasteiger partial charge in [-0.25, -0.2) is 0 Å². The maximum absolute atomic E-state index is 4.47. The molecule has 0 aliphatic rings. The van der Waals surface area contributed by atoms with E-state index in [-0.39, 0.29) is 60.3 Å².